The SMILES string of the molecule is Cc1cccc(S(=O)(=O)NCc2ccccc2Cn2ccnc2)c1. The maximum Gasteiger partial charge on any atom is 0.240 e. The fourth-order valence-electron chi connectivity index (χ4n) is 2.50. The van der Waals surface area contributed by atoms with Crippen molar-refractivity contribution in [1.82, 2.24) is 14.3 Å². The average molecular weight is 341 g/mol. The van der Waals surface area contributed by atoms with Crippen LogP contribution >= 0.6 is 0 Å². The topological polar surface area (TPSA) is 64.0 Å². The predicted molar refractivity (Wildman–Crippen MR) is 93.0 cm³/mol. The van der Waals surface area contributed by atoms with Gasteiger partial charge in [0, 0.05) is 25.5 Å². The molecule has 1 aromatic heterocycles. The molecule has 0 unspecified atom stereocenters. The molecule has 6 heteroatoms. The van der Waals surface area contributed by atoms with E-state index in [2.05, 4.69) is 9.71 Å². The molecule has 3 rings (SSSR count). The van der Waals surface area contributed by atoms with E-state index in [-0.39, 0.29) is 11.4 Å². The first-order chi connectivity index (χ1) is 11.5. The van der Waals surface area contributed by atoms with Crippen molar-refractivity contribution in [2.75, 3.05) is 0 Å². The van der Waals surface area contributed by atoms with Gasteiger partial charge in [0.05, 0.1) is 11.2 Å². The van der Waals surface area contributed by atoms with Gasteiger partial charge in [0.1, 0.15) is 0 Å². The van der Waals surface area contributed by atoms with Crippen LogP contribution in [-0.2, 0) is 23.1 Å². The van der Waals surface area contributed by atoms with E-state index in [1.54, 1.807) is 30.7 Å². The highest BCUT2D eigenvalue weighted by Gasteiger charge is 2.14. The Hall–Kier alpha value is -2.44. The van der Waals surface area contributed by atoms with Crippen molar-refractivity contribution < 1.29 is 8.42 Å². The van der Waals surface area contributed by atoms with E-state index >= 15 is 0 Å². The number of imidazole rings is 1. The van der Waals surface area contributed by atoms with Crippen LogP contribution in [0.2, 0.25) is 0 Å². The molecular formula is C18H19N3O2S. The fraction of sp³-hybridized carbons (Fsp3) is 0.167. The van der Waals surface area contributed by atoms with Gasteiger partial charge in [-0.15, -0.1) is 0 Å². The molecule has 124 valence electrons. The van der Waals surface area contributed by atoms with E-state index in [0.29, 0.717) is 6.54 Å². The summed E-state index contributed by atoms with van der Waals surface area (Å²) in [5.74, 6) is 0. The van der Waals surface area contributed by atoms with E-state index in [9.17, 15) is 8.42 Å². The molecule has 0 radical (unpaired) electrons. The number of benzene rings is 2. The molecule has 0 aliphatic carbocycles. The standard InChI is InChI=1S/C18H19N3O2S/c1-15-5-4-8-18(11-15)24(22,23)20-12-16-6-2-3-7-17(16)13-21-10-9-19-14-21/h2-11,14,20H,12-13H2,1H3. The van der Waals surface area contributed by atoms with Crippen LogP contribution in [0, 0.1) is 6.92 Å². The molecule has 0 aliphatic rings. The lowest BCUT2D eigenvalue weighted by Gasteiger charge is -2.12. The summed E-state index contributed by atoms with van der Waals surface area (Å²) in [4.78, 5) is 4.32. The number of aryl methyl sites for hydroxylation is 1. The van der Waals surface area contributed by atoms with Crippen LogP contribution in [0.1, 0.15) is 16.7 Å². The molecule has 0 fully saturated rings. The molecule has 0 atom stereocenters. The monoisotopic (exact) mass is 341 g/mol. The third-order valence-corrected chi connectivity index (χ3v) is 5.18. The lowest BCUT2D eigenvalue weighted by molar-refractivity contribution is 0.581. The molecule has 2 aromatic carbocycles. The van der Waals surface area contributed by atoms with Crippen LogP contribution in [0.4, 0.5) is 0 Å². The summed E-state index contributed by atoms with van der Waals surface area (Å²) in [6.45, 7) is 2.78. The molecule has 0 saturated heterocycles. The van der Waals surface area contributed by atoms with Crippen LogP contribution < -0.4 is 4.72 Å². The molecule has 0 amide bonds. The normalized spacial score (nSPS) is 11.5. The highest BCUT2D eigenvalue weighted by atomic mass is 32.2. The Labute approximate surface area is 142 Å². The van der Waals surface area contributed by atoms with Gasteiger partial charge >= 0.3 is 0 Å². The summed E-state index contributed by atoms with van der Waals surface area (Å²) >= 11 is 0. The van der Waals surface area contributed by atoms with Gasteiger partial charge in [-0.25, -0.2) is 18.1 Å². The Morgan fingerprint density at radius 3 is 2.58 bits per heavy atom. The van der Waals surface area contributed by atoms with Crippen molar-refractivity contribution in [3.8, 4) is 0 Å². The Kier molecular flexibility index (Phi) is 4.78. The second-order valence-electron chi connectivity index (χ2n) is 5.64. The Morgan fingerprint density at radius 1 is 1.08 bits per heavy atom. The quantitative estimate of drug-likeness (QED) is 0.750. The molecule has 0 saturated carbocycles. The first kappa shape index (κ1) is 16.4. The summed E-state index contributed by atoms with van der Waals surface area (Å²) in [5, 5.41) is 0. The number of hydrogen-bond donors (Lipinski definition) is 1. The Balaban J connectivity index is 1.77. The minimum absolute atomic E-state index is 0.251. The summed E-state index contributed by atoms with van der Waals surface area (Å²) in [6, 6.07) is 14.7. The first-order valence-electron chi connectivity index (χ1n) is 7.63. The zero-order chi connectivity index (χ0) is 17.0. The van der Waals surface area contributed by atoms with E-state index in [1.807, 2.05) is 48.0 Å². The molecule has 1 N–H and O–H groups in total. The molecule has 24 heavy (non-hydrogen) atoms. The van der Waals surface area contributed by atoms with Gasteiger partial charge in [0.15, 0.2) is 0 Å². The third kappa shape index (κ3) is 3.90. The zero-order valence-corrected chi connectivity index (χ0v) is 14.2. The zero-order valence-electron chi connectivity index (χ0n) is 13.4. The molecule has 1 heterocycles. The first-order valence-corrected chi connectivity index (χ1v) is 9.12. The van der Waals surface area contributed by atoms with Crippen molar-refractivity contribution in [1.29, 1.82) is 0 Å². The van der Waals surface area contributed by atoms with E-state index < -0.39 is 10.0 Å². The lowest BCUT2D eigenvalue weighted by Crippen LogP contribution is -2.24. The van der Waals surface area contributed by atoms with Gasteiger partial charge in [-0.1, -0.05) is 36.4 Å². The van der Waals surface area contributed by atoms with Crippen molar-refractivity contribution >= 4 is 10.0 Å². The largest absolute Gasteiger partial charge is 0.333 e. The van der Waals surface area contributed by atoms with Crippen molar-refractivity contribution in [2.24, 2.45) is 0 Å². The van der Waals surface area contributed by atoms with Gasteiger partial charge in [0.2, 0.25) is 10.0 Å². The number of rotatable bonds is 6. The van der Waals surface area contributed by atoms with Crippen LogP contribution in [0.5, 0.6) is 0 Å². The van der Waals surface area contributed by atoms with Gasteiger partial charge in [0.25, 0.3) is 0 Å². The highest BCUT2D eigenvalue weighted by molar-refractivity contribution is 7.89. The van der Waals surface area contributed by atoms with Crippen molar-refractivity contribution in [3.05, 3.63) is 83.9 Å². The Bertz CT molecular complexity index is 919. The van der Waals surface area contributed by atoms with Crippen molar-refractivity contribution in [3.63, 3.8) is 0 Å². The van der Waals surface area contributed by atoms with Gasteiger partial charge in [-0.2, -0.15) is 0 Å². The Morgan fingerprint density at radius 2 is 1.88 bits per heavy atom. The van der Waals surface area contributed by atoms with Gasteiger partial charge in [-0.05, 0) is 35.7 Å². The second kappa shape index (κ2) is 6.98. The summed E-state index contributed by atoms with van der Waals surface area (Å²) < 4.78 is 29.6. The molecule has 3 aromatic rings. The number of aromatic nitrogens is 2. The number of hydrogen-bond acceptors (Lipinski definition) is 3. The van der Waals surface area contributed by atoms with E-state index in [0.717, 1.165) is 16.7 Å². The summed E-state index contributed by atoms with van der Waals surface area (Å²) in [6.07, 6.45) is 5.35. The van der Waals surface area contributed by atoms with Gasteiger partial charge < -0.3 is 4.57 Å². The minimum atomic E-state index is -3.53. The van der Waals surface area contributed by atoms with Crippen LogP contribution in [0.3, 0.4) is 0 Å². The molecule has 5 nitrogen and oxygen atoms in total. The van der Waals surface area contributed by atoms with Crippen LogP contribution in [0.15, 0.2) is 72.1 Å². The third-order valence-electron chi connectivity index (χ3n) is 3.78. The highest BCUT2D eigenvalue weighted by Crippen LogP contribution is 2.14. The van der Waals surface area contributed by atoms with Crippen molar-refractivity contribution in [2.45, 2.75) is 24.9 Å². The molecule has 0 bridgehead atoms. The maximum absolute atomic E-state index is 12.5. The molecular weight excluding hydrogens is 322 g/mol. The average Bonchev–Trinajstić information content (AvgIpc) is 3.07. The molecule has 0 spiro atoms. The minimum Gasteiger partial charge on any atom is -0.333 e. The number of nitrogens with one attached hydrogen (secondary N) is 1. The predicted octanol–water partition coefficient (Wildman–Crippen LogP) is 2.72. The fourth-order valence-corrected chi connectivity index (χ4v) is 3.61. The van der Waals surface area contributed by atoms with Crippen LogP contribution in [-0.4, -0.2) is 18.0 Å². The smallest absolute Gasteiger partial charge is 0.240 e. The van der Waals surface area contributed by atoms with E-state index in [1.165, 1.54) is 0 Å². The molecule has 0 aliphatic heterocycles. The summed E-state index contributed by atoms with van der Waals surface area (Å²) in [5.41, 5.74) is 2.92. The number of sulfonamides is 1. The number of nitrogens with zero attached hydrogens (tertiary/aromatic N) is 2. The van der Waals surface area contributed by atoms with Gasteiger partial charge in [-0.3, -0.25) is 0 Å². The lowest BCUT2D eigenvalue weighted by atomic mass is 10.1. The van der Waals surface area contributed by atoms with E-state index in [4.69, 9.17) is 0 Å². The second-order valence-corrected chi connectivity index (χ2v) is 7.41. The maximum atomic E-state index is 12.5. The summed E-state index contributed by atoms with van der Waals surface area (Å²) in [7, 11) is -3.53. The van der Waals surface area contributed by atoms with Crippen LogP contribution in [0.25, 0.3) is 0 Å².